The molecule has 0 radical (unpaired) electrons. The first kappa shape index (κ1) is 26.3. The number of rotatable bonds is 4. The SMILES string of the molecule is CCOC(=O)C1=CC23C4C(=O)N(c5cccc6ccccc56)C(=O)C4C2C2C(=O)N(c4cccc5ccccc45)C(=O)C2C13C. The molecule has 7 atom stereocenters. The normalized spacial score (nSPS) is 32.6. The highest BCUT2D eigenvalue weighted by molar-refractivity contribution is 6.30. The number of fused-ring (bicyclic) bond motifs is 7. The Balaban J connectivity index is 1.21. The van der Waals surface area contributed by atoms with E-state index in [1.165, 1.54) is 9.80 Å². The second-order valence-corrected chi connectivity index (χ2v) is 13.0. The molecule has 2 saturated heterocycles. The fourth-order valence-corrected chi connectivity index (χ4v) is 9.87. The van der Waals surface area contributed by atoms with Crippen molar-refractivity contribution in [3.63, 3.8) is 0 Å². The molecule has 0 bridgehead atoms. The van der Waals surface area contributed by atoms with Gasteiger partial charge in [0.2, 0.25) is 23.6 Å². The molecule has 4 amide bonds. The molecule has 45 heavy (non-hydrogen) atoms. The fourth-order valence-electron chi connectivity index (χ4n) is 9.87. The Morgan fingerprint density at radius 2 is 1.18 bits per heavy atom. The Labute approximate surface area is 258 Å². The maximum absolute atomic E-state index is 14.6. The zero-order valence-electron chi connectivity index (χ0n) is 24.6. The van der Waals surface area contributed by atoms with E-state index in [1.807, 2.05) is 79.7 Å². The topological polar surface area (TPSA) is 101 Å². The van der Waals surface area contributed by atoms with Gasteiger partial charge in [-0.2, -0.15) is 0 Å². The predicted octanol–water partition coefficient (Wildman–Crippen LogP) is 5.04. The number of esters is 1. The van der Waals surface area contributed by atoms with Crippen LogP contribution in [0.15, 0.2) is 96.6 Å². The van der Waals surface area contributed by atoms with Crippen molar-refractivity contribution in [2.75, 3.05) is 16.4 Å². The van der Waals surface area contributed by atoms with E-state index in [0.29, 0.717) is 16.9 Å². The van der Waals surface area contributed by atoms with E-state index in [-0.39, 0.29) is 24.3 Å². The third kappa shape index (κ3) is 2.78. The number of imide groups is 2. The van der Waals surface area contributed by atoms with E-state index >= 15 is 0 Å². The molecule has 1 spiro atoms. The number of benzene rings is 4. The Hall–Kier alpha value is -5.11. The van der Waals surface area contributed by atoms with E-state index in [9.17, 15) is 24.0 Å². The van der Waals surface area contributed by atoms with Crippen LogP contribution in [0.4, 0.5) is 11.4 Å². The average Bonchev–Trinajstić information content (AvgIpc) is 3.46. The number of carbonyl (C=O) groups excluding carboxylic acids is 5. The van der Waals surface area contributed by atoms with Gasteiger partial charge < -0.3 is 4.74 Å². The first-order valence-corrected chi connectivity index (χ1v) is 15.4. The standard InChI is InChI=1S/C37H28N2O6/c1-3-45-35(44)23-18-37-28(27-30(37)34(43)39(32(27)41)25-17-9-13-20-11-5-7-15-22(20)25)26-29(36(23,37)2)33(42)38(31(26)40)24-16-8-12-19-10-4-6-14-21(19)24/h4-18,26-30H,3H2,1-2H3. The van der Waals surface area contributed by atoms with Crippen LogP contribution < -0.4 is 9.80 Å². The molecule has 3 aliphatic carbocycles. The van der Waals surface area contributed by atoms with Gasteiger partial charge in [-0.15, -0.1) is 0 Å². The summed E-state index contributed by atoms with van der Waals surface area (Å²) in [4.78, 5) is 73.7. The molecule has 2 aliphatic heterocycles. The van der Waals surface area contributed by atoms with Crippen molar-refractivity contribution in [1.29, 1.82) is 0 Å². The molecule has 8 heteroatoms. The van der Waals surface area contributed by atoms with Crippen LogP contribution in [0.1, 0.15) is 13.8 Å². The second kappa shape index (κ2) is 8.53. The van der Waals surface area contributed by atoms with Gasteiger partial charge in [-0.05, 0) is 35.7 Å². The van der Waals surface area contributed by atoms with Gasteiger partial charge in [-0.3, -0.25) is 19.2 Å². The van der Waals surface area contributed by atoms with Crippen LogP contribution in [-0.4, -0.2) is 36.2 Å². The van der Waals surface area contributed by atoms with Crippen LogP contribution >= 0.6 is 0 Å². The highest BCUT2D eigenvalue weighted by Gasteiger charge is 2.90. The zero-order valence-corrected chi connectivity index (χ0v) is 24.6. The number of ether oxygens (including phenoxy) is 1. The lowest BCUT2D eigenvalue weighted by molar-refractivity contribution is -0.170. The molecule has 0 N–H and O–H groups in total. The van der Waals surface area contributed by atoms with E-state index < -0.39 is 52.3 Å². The summed E-state index contributed by atoms with van der Waals surface area (Å²) in [5, 5.41) is 3.31. The molecule has 2 heterocycles. The summed E-state index contributed by atoms with van der Waals surface area (Å²) >= 11 is 0. The number of allylic oxidation sites excluding steroid dienone is 1. The van der Waals surface area contributed by atoms with Gasteiger partial charge in [0, 0.05) is 27.2 Å². The van der Waals surface area contributed by atoms with Crippen molar-refractivity contribution in [1.82, 2.24) is 0 Å². The number of anilines is 2. The summed E-state index contributed by atoms with van der Waals surface area (Å²) < 4.78 is 5.42. The summed E-state index contributed by atoms with van der Waals surface area (Å²) in [6.45, 7) is 3.68. The first-order chi connectivity index (χ1) is 21.8. The summed E-state index contributed by atoms with van der Waals surface area (Å²) in [7, 11) is 0. The monoisotopic (exact) mass is 596 g/mol. The second-order valence-electron chi connectivity index (χ2n) is 13.0. The molecule has 8 nitrogen and oxygen atoms in total. The van der Waals surface area contributed by atoms with Crippen LogP contribution in [0.25, 0.3) is 21.5 Å². The molecule has 4 aromatic rings. The van der Waals surface area contributed by atoms with Crippen molar-refractivity contribution in [2.24, 2.45) is 40.4 Å². The fraction of sp³-hybridized carbons (Fsp3) is 0.270. The van der Waals surface area contributed by atoms with Crippen molar-refractivity contribution in [3.8, 4) is 0 Å². The third-order valence-corrected chi connectivity index (χ3v) is 11.5. The van der Waals surface area contributed by atoms with Gasteiger partial charge in [-0.25, -0.2) is 14.6 Å². The van der Waals surface area contributed by atoms with Crippen molar-refractivity contribution >= 4 is 62.5 Å². The number of amides is 4. The molecule has 7 unspecified atom stereocenters. The highest BCUT2D eigenvalue weighted by atomic mass is 16.5. The Morgan fingerprint density at radius 3 is 1.73 bits per heavy atom. The van der Waals surface area contributed by atoms with Gasteiger partial charge in [0.1, 0.15) is 0 Å². The number of carbonyl (C=O) groups is 5. The van der Waals surface area contributed by atoms with Gasteiger partial charge in [0.25, 0.3) is 0 Å². The van der Waals surface area contributed by atoms with Gasteiger partial charge in [0.05, 0.1) is 41.7 Å². The smallest absolute Gasteiger partial charge is 0.334 e. The van der Waals surface area contributed by atoms with Crippen LogP contribution in [0.2, 0.25) is 0 Å². The van der Waals surface area contributed by atoms with Gasteiger partial charge in [-0.1, -0.05) is 85.8 Å². The van der Waals surface area contributed by atoms with Crippen LogP contribution in [0.3, 0.4) is 0 Å². The summed E-state index contributed by atoms with van der Waals surface area (Å²) in [5.41, 5.74) is -0.852. The molecule has 9 rings (SSSR count). The Bertz CT molecular complexity index is 2110. The molecule has 2 saturated carbocycles. The summed E-state index contributed by atoms with van der Waals surface area (Å²) in [5.74, 6) is -6.01. The molecular formula is C37H28N2O6. The highest BCUT2D eigenvalue weighted by Crippen LogP contribution is 2.85. The van der Waals surface area contributed by atoms with Gasteiger partial charge in [0.15, 0.2) is 0 Å². The molecule has 5 aliphatic rings. The minimum atomic E-state index is -1.16. The quantitative estimate of drug-likeness (QED) is 0.242. The van der Waals surface area contributed by atoms with Crippen molar-refractivity contribution < 1.29 is 28.7 Å². The molecular weight excluding hydrogens is 568 g/mol. The maximum Gasteiger partial charge on any atom is 0.334 e. The molecule has 0 aromatic heterocycles. The minimum Gasteiger partial charge on any atom is -0.463 e. The third-order valence-electron chi connectivity index (χ3n) is 11.5. The van der Waals surface area contributed by atoms with E-state index in [1.54, 1.807) is 25.1 Å². The van der Waals surface area contributed by atoms with Crippen LogP contribution in [-0.2, 0) is 28.7 Å². The number of nitrogens with zero attached hydrogens (tertiary/aromatic N) is 2. The largest absolute Gasteiger partial charge is 0.463 e. The van der Waals surface area contributed by atoms with Gasteiger partial charge >= 0.3 is 5.97 Å². The lowest BCUT2D eigenvalue weighted by Gasteiger charge is -2.65. The molecule has 4 fully saturated rings. The van der Waals surface area contributed by atoms with Crippen molar-refractivity contribution in [3.05, 3.63) is 96.6 Å². The summed E-state index contributed by atoms with van der Waals surface area (Å²) in [6.07, 6.45) is 1.76. The van der Waals surface area contributed by atoms with Crippen molar-refractivity contribution in [2.45, 2.75) is 13.8 Å². The lowest BCUT2D eigenvalue weighted by atomic mass is 9.35. The number of hydrogen-bond donors (Lipinski definition) is 0. The minimum absolute atomic E-state index is 0.143. The Kier molecular flexibility index (Phi) is 4.99. The van der Waals surface area contributed by atoms with E-state index in [0.717, 1.165) is 21.5 Å². The first-order valence-electron chi connectivity index (χ1n) is 15.4. The molecule has 222 valence electrons. The zero-order chi connectivity index (χ0) is 31.0. The molecule has 4 aromatic carbocycles. The average molecular weight is 597 g/mol. The number of hydrogen-bond acceptors (Lipinski definition) is 6. The van der Waals surface area contributed by atoms with Crippen LogP contribution in [0, 0.1) is 40.4 Å². The summed E-state index contributed by atoms with van der Waals surface area (Å²) in [6, 6.07) is 26.1. The maximum atomic E-state index is 14.6. The predicted molar refractivity (Wildman–Crippen MR) is 166 cm³/mol. The van der Waals surface area contributed by atoms with E-state index in [2.05, 4.69) is 0 Å². The lowest BCUT2D eigenvalue weighted by Crippen LogP contribution is -2.68. The Morgan fingerprint density at radius 1 is 0.689 bits per heavy atom. The van der Waals surface area contributed by atoms with E-state index in [4.69, 9.17) is 4.74 Å². The van der Waals surface area contributed by atoms with Crippen LogP contribution in [0.5, 0.6) is 0 Å².